The van der Waals surface area contributed by atoms with Crippen LogP contribution in [0.4, 0.5) is 4.79 Å². The lowest BCUT2D eigenvalue weighted by Crippen LogP contribution is -2.51. The van der Waals surface area contributed by atoms with E-state index in [2.05, 4.69) is 15.6 Å². The molecule has 1 fully saturated rings. The number of primary amides is 1. The normalized spacial score (nSPS) is 16.8. The summed E-state index contributed by atoms with van der Waals surface area (Å²) < 4.78 is 0. The maximum absolute atomic E-state index is 12.2. The van der Waals surface area contributed by atoms with Crippen molar-refractivity contribution in [2.45, 2.75) is 38.3 Å². The highest BCUT2D eigenvalue weighted by Crippen LogP contribution is 2.20. The predicted octanol–water partition coefficient (Wildman–Crippen LogP) is 1.88. The maximum atomic E-state index is 12.2. The molecule has 1 saturated heterocycles. The molecular weight excluding hydrogens is 382 g/mol. The zero-order valence-electron chi connectivity index (χ0n) is 15.5. The number of H-pyrrole nitrogens is 1. The standard InChI is InChI=1S/C19H24ClN5O3/c20-13-3-4-16-12(8-13)9-15(23-16)10-22-19(28)24-14-2-1-7-25(11-14)18(27)6-5-17(21)26/h3-4,8-9,14,23H,1-2,5-7,10-11H2,(H2,21,26)(H2,22,24,28)/t14-/m1/s1. The van der Waals surface area contributed by atoms with Crippen LogP contribution in [0.5, 0.6) is 0 Å². The Morgan fingerprint density at radius 3 is 2.86 bits per heavy atom. The van der Waals surface area contributed by atoms with E-state index < -0.39 is 5.91 Å². The molecule has 0 saturated carbocycles. The van der Waals surface area contributed by atoms with Gasteiger partial charge in [-0.2, -0.15) is 0 Å². The number of aromatic amines is 1. The molecule has 0 radical (unpaired) electrons. The van der Waals surface area contributed by atoms with Crippen molar-refractivity contribution < 1.29 is 14.4 Å². The molecule has 150 valence electrons. The summed E-state index contributed by atoms with van der Waals surface area (Å²) in [5, 5.41) is 7.39. The molecule has 2 aromatic rings. The lowest BCUT2D eigenvalue weighted by Gasteiger charge is -2.33. The van der Waals surface area contributed by atoms with Crippen molar-refractivity contribution in [2.24, 2.45) is 5.73 Å². The Hall–Kier alpha value is -2.74. The third-order valence-electron chi connectivity index (χ3n) is 4.77. The highest BCUT2D eigenvalue weighted by molar-refractivity contribution is 6.31. The van der Waals surface area contributed by atoms with Gasteiger partial charge in [0.15, 0.2) is 0 Å². The number of likely N-dealkylation sites (tertiary alicyclic amines) is 1. The summed E-state index contributed by atoms with van der Waals surface area (Å²) in [6.45, 7) is 1.43. The van der Waals surface area contributed by atoms with Crippen molar-refractivity contribution in [3.63, 3.8) is 0 Å². The largest absolute Gasteiger partial charge is 0.370 e. The molecule has 9 heteroatoms. The molecular formula is C19H24ClN5O3. The summed E-state index contributed by atoms with van der Waals surface area (Å²) >= 11 is 5.99. The van der Waals surface area contributed by atoms with Crippen LogP contribution in [0.25, 0.3) is 10.9 Å². The molecule has 3 rings (SSSR count). The highest BCUT2D eigenvalue weighted by atomic mass is 35.5. The average Bonchev–Trinajstić information content (AvgIpc) is 3.06. The summed E-state index contributed by atoms with van der Waals surface area (Å²) in [5.74, 6) is -0.596. The molecule has 28 heavy (non-hydrogen) atoms. The van der Waals surface area contributed by atoms with Crippen molar-refractivity contribution >= 4 is 40.3 Å². The number of halogens is 1. The van der Waals surface area contributed by atoms with E-state index in [9.17, 15) is 14.4 Å². The van der Waals surface area contributed by atoms with Crippen LogP contribution >= 0.6 is 11.6 Å². The van der Waals surface area contributed by atoms with Crippen molar-refractivity contribution in [1.82, 2.24) is 20.5 Å². The summed E-state index contributed by atoms with van der Waals surface area (Å²) in [4.78, 5) is 40.1. The van der Waals surface area contributed by atoms with Gasteiger partial charge in [-0.3, -0.25) is 9.59 Å². The smallest absolute Gasteiger partial charge is 0.315 e. The molecule has 2 heterocycles. The lowest BCUT2D eigenvalue weighted by molar-refractivity contribution is -0.134. The molecule has 1 aromatic heterocycles. The fourth-order valence-corrected chi connectivity index (χ4v) is 3.56. The summed E-state index contributed by atoms with van der Waals surface area (Å²) in [6.07, 6.45) is 1.76. The number of carbonyl (C=O) groups is 3. The number of nitrogens with two attached hydrogens (primary N) is 1. The van der Waals surface area contributed by atoms with Crippen molar-refractivity contribution in [1.29, 1.82) is 0 Å². The number of nitrogens with zero attached hydrogens (tertiary/aromatic N) is 1. The monoisotopic (exact) mass is 405 g/mol. The Kier molecular flexibility index (Phi) is 6.41. The molecule has 8 nitrogen and oxygen atoms in total. The minimum absolute atomic E-state index is 0.0453. The van der Waals surface area contributed by atoms with Crippen LogP contribution in [-0.4, -0.2) is 46.9 Å². The minimum atomic E-state index is -0.487. The van der Waals surface area contributed by atoms with Gasteiger partial charge in [-0.1, -0.05) is 11.6 Å². The first kappa shape index (κ1) is 20.0. The van der Waals surface area contributed by atoms with Crippen LogP contribution in [-0.2, 0) is 16.1 Å². The number of fused-ring (bicyclic) bond motifs is 1. The number of piperidine rings is 1. The summed E-state index contributed by atoms with van der Waals surface area (Å²) in [7, 11) is 0. The Balaban J connectivity index is 1.47. The van der Waals surface area contributed by atoms with Gasteiger partial charge in [0.1, 0.15) is 0 Å². The van der Waals surface area contributed by atoms with E-state index in [1.807, 2.05) is 24.3 Å². The Labute approximate surface area is 167 Å². The van der Waals surface area contributed by atoms with Gasteiger partial charge in [-0.05, 0) is 37.1 Å². The number of hydrogen-bond acceptors (Lipinski definition) is 3. The van der Waals surface area contributed by atoms with E-state index >= 15 is 0 Å². The molecule has 0 aliphatic carbocycles. The third kappa shape index (κ3) is 5.39. The Bertz CT molecular complexity index is 882. The van der Waals surface area contributed by atoms with E-state index in [0.717, 1.165) is 29.4 Å². The van der Waals surface area contributed by atoms with Gasteiger partial charge < -0.3 is 26.3 Å². The van der Waals surface area contributed by atoms with E-state index in [0.29, 0.717) is 24.7 Å². The van der Waals surface area contributed by atoms with Gasteiger partial charge in [0.2, 0.25) is 11.8 Å². The number of nitrogens with one attached hydrogen (secondary N) is 3. The zero-order chi connectivity index (χ0) is 20.1. The number of rotatable bonds is 6. The van der Waals surface area contributed by atoms with Crippen LogP contribution in [0.1, 0.15) is 31.4 Å². The quantitative estimate of drug-likeness (QED) is 0.587. The molecule has 1 aliphatic heterocycles. The van der Waals surface area contributed by atoms with Crippen molar-refractivity contribution in [3.05, 3.63) is 35.0 Å². The molecule has 4 amide bonds. The first-order valence-electron chi connectivity index (χ1n) is 9.28. The highest BCUT2D eigenvalue weighted by Gasteiger charge is 2.24. The lowest BCUT2D eigenvalue weighted by atomic mass is 10.1. The minimum Gasteiger partial charge on any atom is -0.370 e. The molecule has 0 bridgehead atoms. The number of benzene rings is 1. The maximum Gasteiger partial charge on any atom is 0.315 e. The number of carbonyl (C=O) groups excluding carboxylic acids is 3. The second-order valence-corrected chi connectivity index (χ2v) is 7.43. The zero-order valence-corrected chi connectivity index (χ0v) is 16.2. The van der Waals surface area contributed by atoms with Crippen LogP contribution in [0, 0.1) is 0 Å². The molecule has 1 aliphatic rings. The second-order valence-electron chi connectivity index (χ2n) is 7.00. The first-order chi connectivity index (χ1) is 13.4. The van der Waals surface area contributed by atoms with Crippen molar-refractivity contribution in [2.75, 3.05) is 13.1 Å². The van der Waals surface area contributed by atoms with Gasteiger partial charge in [0.05, 0.1) is 6.54 Å². The third-order valence-corrected chi connectivity index (χ3v) is 5.01. The van der Waals surface area contributed by atoms with Gasteiger partial charge >= 0.3 is 6.03 Å². The van der Waals surface area contributed by atoms with Crippen LogP contribution in [0.2, 0.25) is 5.02 Å². The number of amides is 4. The van der Waals surface area contributed by atoms with E-state index in [1.54, 1.807) is 4.90 Å². The summed E-state index contributed by atoms with van der Waals surface area (Å²) in [5.41, 5.74) is 6.92. The number of urea groups is 1. The second kappa shape index (κ2) is 8.97. The average molecular weight is 406 g/mol. The van der Waals surface area contributed by atoms with E-state index in [4.69, 9.17) is 17.3 Å². The predicted molar refractivity (Wildman–Crippen MR) is 107 cm³/mol. The van der Waals surface area contributed by atoms with E-state index in [1.165, 1.54) is 0 Å². The van der Waals surface area contributed by atoms with Gasteiger partial charge in [0.25, 0.3) is 0 Å². The number of aromatic nitrogens is 1. The molecule has 0 spiro atoms. The van der Waals surface area contributed by atoms with Crippen LogP contribution in [0.15, 0.2) is 24.3 Å². The fourth-order valence-electron chi connectivity index (χ4n) is 3.38. The first-order valence-corrected chi connectivity index (χ1v) is 9.66. The Morgan fingerprint density at radius 1 is 1.25 bits per heavy atom. The van der Waals surface area contributed by atoms with Gasteiger partial charge in [0, 0.05) is 53.6 Å². The molecule has 0 unspecified atom stereocenters. The van der Waals surface area contributed by atoms with Crippen molar-refractivity contribution in [3.8, 4) is 0 Å². The van der Waals surface area contributed by atoms with Crippen LogP contribution in [0.3, 0.4) is 0 Å². The Morgan fingerprint density at radius 2 is 2.07 bits per heavy atom. The SMILES string of the molecule is NC(=O)CCC(=O)N1CCC[C@@H](NC(=O)NCc2cc3cc(Cl)ccc3[nH]2)C1. The molecule has 1 atom stereocenters. The summed E-state index contributed by atoms with van der Waals surface area (Å²) in [6, 6.07) is 7.11. The van der Waals surface area contributed by atoms with Gasteiger partial charge in [-0.25, -0.2) is 4.79 Å². The fraction of sp³-hybridized carbons (Fsp3) is 0.421. The van der Waals surface area contributed by atoms with E-state index in [-0.39, 0.29) is 30.8 Å². The van der Waals surface area contributed by atoms with Crippen LogP contribution < -0.4 is 16.4 Å². The van der Waals surface area contributed by atoms with Gasteiger partial charge in [-0.15, -0.1) is 0 Å². The number of hydrogen-bond donors (Lipinski definition) is 4. The topological polar surface area (TPSA) is 120 Å². The molecule has 5 N–H and O–H groups in total. The molecule has 1 aromatic carbocycles.